The van der Waals surface area contributed by atoms with Crippen molar-refractivity contribution in [3.63, 3.8) is 0 Å². The number of carbonyl (C=O) groups is 1. The molecule has 0 aromatic heterocycles. The van der Waals surface area contributed by atoms with E-state index in [1.54, 1.807) is 12.1 Å². The highest BCUT2D eigenvalue weighted by molar-refractivity contribution is 5.90. The summed E-state index contributed by atoms with van der Waals surface area (Å²) >= 11 is 0. The largest absolute Gasteiger partial charge is 0.478 e. The van der Waals surface area contributed by atoms with Crippen LogP contribution in [0.5, 0.6) is 0 Å². The third-order valence-corrected chi connectivity index (χ3v) is 4.27. The van der Waals surface area contributed by atoms with Gasteiger partial charge in [0.15, 0.2) is 0 Å². The fourth-order valence-corrected chi connectivity index (χ4v) is 3.26. The standard InChI is InChI=1S/C16H24N2O2/c1-3-18(13-6-4-5-11(2)9-13)15-8-7-12(16(19)20)10-14(15)17/h7-8,10-11,13H,3-6,9,17H2,1-2H3,(H,19,20). The van der Waals surface area contributed by atoms with Crippen LogP contribution in [0.4, 0.5) is 11.4 Å². The monoisotopic (exact) mass is 276 g/mol. The number of aromatic carboxylic acids is 1. The number of hydrogen-bond acceptors (Lipinski definition) is 3. The Bertz CT molecular complexity index is 487. The Hall–Kier alpha value is -1.71. The fourth-order valence-electron chi connectivity index (χ4n) is 3.26. The Balaban J connectivity index is 2.25. The van der Waals surface area contributed by atoms with Crippen molar-refractivity contribution >= 4 is 17.3 Å². The molecule has 4 heteroatoms. The van der Waals surface area contributed by atoms with E-state index in [0.717, 1.165) is 18.2 Å². The van der Waals surface area contributed by atoms with Crippen molar-refractivity contribution in [3.05, 3.63) is 23.8 Å². The van der Waals surface area contributed by atoms with Crippen LogP contribution in [0.2, 0.25) is 0 Å². The Labute approximate surface area is 120 Å². The van der Waals surface area contributed by atoms with Gasteiger partial charge in [-0.1, -0.05) is 19.8 Å². The molecule has 0 aliphatic heterocycles. The minimum absolute atomic E-state index is 0.249. The average Bonchev–Trinajstić information content (AvgIpc) is 2.41. The summed E-state index contributed by atoms with van der Waals surface area (Å²) in [7, 11) is 0. The lowest BCUT2D eigenvalue weighted by molar-refractivity contribution is 0.0697. The highest BCUT2D eigenvalue weighted by Gasteiger charge is 2.25. The van der Waals surface area contributed by atoms with E-state index in [9.17, 15) is 4.79 Å². The first kappa shape index (κ1) is 14.7. The van der Waals surface area contributed by atoms with Crippen LogP contribution in [0.25, 0.3) is 0 Å². The molecule has 110 valence electrons. The van der Waals surface area contributed by atoms with Crippen LogP contribution in [-0.4, -0.2) is 23.7 Å². The molecule has 1 fully saturated rings. The number of nitrogens with zero attached hydrogens (tertiary/aromatic N) is 1. The minimum Gasteiger partial charge on any atom is -0.478 e. The molecule has 2 rings (SSSR count). The molecule has 0 bridgehead atoms. The minimum atomic E-state index is -0.933. The zero-order chi connectivity index (χ0) is 14.7. The molecule has 1 aromatic carbocycles. The Morgan fingerprint density at radius 3 is 2.75 bits per heavy atom. The Kier molecular flexibility index (Phi) is 4.53. The number of carboxylic acids is 1. The SMILES string of the molecule is CCN(c1ccc(C(=O)O)cc1N)C1CCCC(C)C1. The molecule has 20 heavy (non-hydrogen) atoms. The summed E-state index contributed by atoms with van der Waals surface area (Å²) in [5, 5.41) is 9.01. The maximum atomic E-state index is 11.0. The second kappa shape index (κ2) is 6.16. The molecule has 1 saturated carbocycles. The number of hydrogen-bond donors (Lipinski definition) is 2. The first-order valence-corrected chi connectivity index (χ1v) is 7.42. The van der Waals surface area contributed by atoms with E-state index >= 15 is 0 Å². The molecule has 2 atom stereocenters. The van der Waals surface area contributed by atoms with Crippen molar-refractivity contribution in [3.8, 4) is 0 Å². The third kappa shape index (κ3) is 3.06. The van der Waals surface area contributed by atoms with Gasteiger partial charge in [-0.25, -0.2) is 4.79 Å². The zero-order valence-electron chi connectivity index (χ0n) is 12.3. The molecule has 0 spiro atoms. The van der Waals surface area contributed by atoms with Gasteiger partial charge in [-0.15, -0.1) is 0 Å². The van der Waals surface area contributed by atoms with Gasteiger partial charge < -0.3 is 15.7 Å². The number of rotatable bonds is 4. The van der Waals surface area contributed by atoms with Crippen LogP contribution in [0.15, 0.2) is 18.2 Å². The van der Waals surface area contributed by atoms with E-state index in [-0.39, 0.29) is 5.56 Å². The van der Waals surface area contributed by atoms with E-state index in [1.807, 2.05) is 6.07 Å². The second-order valence-electron chi connectivity index (χ2n) is 5.79. The zero-order valence-corrected chi connectivity index (χ0v) is 12.3. The summed E-state index contributed by atoms with van der Waals surface area (Å²) in [5.74, 6) is -0.181. The highest BCUT2D eigenvalue weighted by atomic mass is 16.4. The summed E-state index contributed by atoms with van der Waals surface area (Å²) in [6, 6.07) is 5.57. The van der Waals surface area contributed by atoms with Gasteiger partial charge in [0.1, 0.15) is 0 Å². The van der Waals surface area contributed by atoms with Crippen molar-refractivity contribution < 1.29 is 9.90 Å². The summed E-state index contributed by atoms with van der Waals surface area (Å²) in [4.78, 5) is 13.3. The van der Waals surface area contributed by atoms with Gasteiger partial charge in [-0.05, 0) is 43.9 Å². The number of benzene rings is 1. The summed E-state index contributed by atoms with van der Waals surface area (Å²) in [6.45, 7) is 5.33. The normalized spacial score (nSPS) is 22.5. The lowest BCUT2D eigenvalue weighted by Gasteiger charge is -2.38. The van der Waals surface area contributed by atoms with Crippen molar-refractivity contribution in [2.45, 2.75) is 45.6 Å². The van der Waals surface area contributed by atoms with Crippen LogP contribution in [0.3, 0.4) is 0 Å². The van der Waals surface area contributed by atoms with E-state index in [1.165, 1.54) is 25.7 Å². The molecule has 3 N–H and O–H groups in total. The van der Waals surface area contributed by atoms with E-state index < -0.39 is 5.97 Å². The molecule has 2 unspecified atom stereocenters. The highest BCUT2D eigenvalue weighted by Crippen LogP contribution is 2.33. The number of nitrogen functional groups attached to an aromatic ring is 1. The molecule has 0 amide bonds. The van der Waals surface area contributed by atoms with Gasteiger partial charge in [0, 0.05) is 12.6 Å². The molecule has 0 saturated heterocycles. The first-order chi connectivity index (χ1) is 9.52. The van der Waals surface area contributed by atoms with Gasteiger partial charge in [0.05, 0.1) is 16.9 Å². The average molecular weight is 276 g/mol. The van der Waals surface area contributed by atoms with Crippen LogP contribution in [0, 0.1) is 5.92 Å². The fraction of sp³-hybridized carbons (Fsp3) is 0.562. The summed E-state index contributed by atoms with van der Waals surface area (Å²) in [6.07, 6.45) is 4.95. The number of anilines is 2. The molecule has 4 nitrogen and oxygen atoms in total. The van der Waals surface area contributed by atoms with Crippen LogP contribution >= 0.6 is 0 Å². The maximum Gasteiger partial charge on any atom is 0.335 e. The lowest BCUT2D eigenvalue weighted by Crippen LogP contribution is -2.38. The Morgan fingerprint density at radius 1 is 1.45 bits per heavy atom. The summed E-state index contributed by atoms with van der Waals surface area (Å²) < 4.78 is 0. The molecular formula is C16H24N2O2. The maximum absolute atomic E-state index is 11.0. The van der Waals surface area contributed by atoms with Crippen molar-refractivity contribution in [1.29, 1.82) is 0 Å². The third-order valence-electron chi connectivity index (χ3n) is 4.27. The second-order valence-corrected chi connectivity index (χ2v) is 5.79. The van der Waals surface area contributed by atoms with E-state index in [4.69, 9.17) is 10.8 Å². The first-order valence-electron chi connectivity index (χ1n) is 7.42. The van der Waals surface area contributed by atoms with Gasteiger partial charge in [-0.2, -0.15) is 0 Å². The molecule has 0 radical (unpaired) electrons. The predicted octanol–water partition coefficient (Wildman–Crippen LogP) is 3.37. The van der Waals surface area contributed by atoms with Gasteiger partial charge in [-0.3, -0.25) is 0 Å². The Morgan fingerprint density at radius 2 is 2.20 bits per heavy atom. The van der Waals surface area contributed by atoms with Crippen LogP contribution in [0.1, 0.15) is 49.9 Å². The van der Waals surface area contributed by atoms with Crippen molar-refractivity contribution in [2.75, 3.05) is 17.2 Å². The topological polar surface area (TPSA) is 66.6 Å². The van der Waals surface area contributed by atoms with Crippen molar-refractivity contribution in [2.24, 2.45) is 5.92 Å². The van der Waals surface area contributed by atoms with Crippen molar-refractivity contribution in [1.82, 2.24) is 0 Å². The molecular weight excluding hydrogens is 252 g/mol. The van der Waals surface area contributed by atoms with Gasteiger partial charge >= 0.3 is 5.97 Å². The molecule has 1 aliphatic rings. The number of carboxylic acid groups (broad SMARTS) is 1. The van der Waals surface area contributed by atoms with Gasteiger partial charge in [0.25, 0.3) is 0 Å². The lowest BCUT2D eigenvalue weighted by atomic mass is 9.86. The quantitative estimate of drug-likeness (QED) is 0.827. The smallest absolute Gasteiger partial charge is 0.335 e. The molecule has 1 aromatic rings. The molecule has 1 aliphatic carbocycles. The molecule has 0 heterocycles. The van der Waals surface area contributed by atoms with Crippen LogP contribution in [-0.2, 0) is 0 Å². The summed E-state index contributed by atoms with van der Waals surface area (Å²) in [5.41, 5.74) is 7.85. The van der Waals surface area contributed by atoms with Gasteiger partial charge in [0.2, 0.25) is 0 Å². The predicted molar refractivity (Wildman–Crippen MR) is 82.3 cm³/mol. The van der Waals surface area contributed by atoms with E-state index in [0.29, 0.717) is 11.7 Å². The van der Waals surface area contributed by atoms with E-state index in [2.05, 4.69) is 18.7 Å². The number of nitrogens with two attached hydrogens (primary N) is 1. The van der Waals surface area contributed by atoms with Crippen LogP contribution < -0.4 is 10.6 Å².